The summed E-state index contributed by atoms with van der Waals surface area (Å²) in [6, 6.07) is 32.4. The molecule has 1 heterocycles. The molecule has 3 aromatic rings. The van der Waals surface area contributed by atoms with E-state index in [0.717, 1.165) is 12.6 Å². The number of hydrogen-bond acceptors (Lipinski definition) is 4. The molecule has 36 heavy (non-hydrogen) atoms. The number of nitrogens with zero attached hydrogens (tertiary/aromatic N) is 1. The number of rotatable bonds is 8. The molecular weight excluding hydrogens is 465 g/mol. The molecular formula is C31H40NO3P. The van der Waals surface area contributed by atoms with E-state index in [4.69, 9.17) is 4.84 Å². The molecule has 1 N–H and O–H groups in total. The van der Waals surface area contributed by atoms with Crippen LogP contribution in [-0.4, -0.2) is 39.5 Å². The van der Waals surface area contributed by atoms with Gasteiger partial charge in [-0.1, -0.05) is 0 Å². The van der Waals surface area contributed by atoms with Crippen LogP contribution < -0.4 is 15.9 Å². The van der Waals surface area contributed by atoms with Crippen molar-refractivity contribution < 1.29 is 14.7 Å². The Morgan fingerprint density at radius 1 is 0.806 bits per heavy atom. The Hall–Kier alpha value is -2.52. The van der Waals surface area contributed by atoms with E-state index in [9.17, 15) is 9.90 Å². The van der Waals surface area contributed by atoms with Crippen molar-refractivity contribution in [3.8, 4) is 0 Å². The minimum atomic E-state index is -2.36. The summed E-state index contributed by atoms with van der Waals surface area (Å²) in [6.07, 6.45) is 2.77. The molecule has 0 unspecified atom stereocenters. The normalized spacial score (nSPS) is 18.5. The van der Waals surface area contributed by atoms with Crippen molar-refractivity contribution in [3.05, 3.63) is 91.0 Å². The van der Waals surface area contributed by atoms with Crippen LogP contribution in [0.25, 0.3) is 0 Å². The fraction of sp³-hybridized carbons (Fsp3) is 0.387. The molecule has 4 nitrogen and oxygen atoms in total. The molecule has 1 fully saturated rings. The van der Waals surface area contributed by atoms with E-state index in [-0.39, 0.29) is 12.1 Å². The number of benzene rings is 3. The molecule has 0 radical (unpaired) electrons. The van der Waals surface area contributed by atoms with Crippen LogP contribution in [0.3, 0.4) is 0 Å². The SMILES string of the molecule is CC1(C)CC(O)CC(C)(C)N1OC(=O)CCC[PH](c1ccccc1)(c1ccccc1)c1ccccc1. The maximum atomic E-state index is 13.2. The summed E-state index contributed by atoms with van der Waals surface area (Å²) in [5, 5.41) is 16.2. The van der Waals surface area contributed by atoms with Gasteiger partial charge in [-0.05, 0) is 0 Å². The number of aliphatic hydroxyl groups is 1. The topological polar surface area (TPSA) is 49.8 Å². The predicted octanol–water partition coefficient (Wildman–Crippen LogP) is 4.97. The van der Waals surface area contributed by atoms with E-state index >= 15 is 0 Å². The fourth-order valence-electron chi connectivity index (χ4n) is 6.20. The second-order valence-corrected chi connectivity index (χ2v) is 15.3. The van der Waals surface area contributed by atoms with E-state index in [2.05, 4.69) is 91.0 Å². The van der Waals surface area contributed by atoms with Gasteiger partial charge in [0.25, 0.3) is 0 Å². The average molecular weight is 506 g/mol. The van der Waals surface area contributed by atoms with Crippen molar-refractivity contribution in [2.75, 3.05) is 6.16 Å². The molecule has 1 aliphatic heterocycles. The van der Waals surface area contributed by atoms with Gasteiger partial charge >= 0.3 is 217 Å². The van der Waals surface area contributed by atoms with Crippen molar-refractivity contribution in [2.45, 2.75) is 70.6 Å². The summed E-state index contributed by atoms with van der Waals surface area (Å²) >= 11 is 0. The second-order valence-electron chi connectivity index (χ2n) is 11.3. The summed E-state index contributed by atoms with van der Waals surface area (Å²) in [5.41, 5.74) is -0.846. The van der Waals surface area contributed by atoms with Gasteiger partial charge in [-0.3, -0.25) is 0 Å². The number of carbonyl (C=O) groups excluding carboxylic acids is 1. The average Bonchev–Trinajstić information content (AvgIpc) is 2.85. The molecule has 0 aliphatic carbocycles. The number of hydrogen-bond donors (Lipinski definition) is 1. The van der Waals surface area contributed by atoms with Gasteiger partial charge in [-0.25, -0.2) is 0 Å². The molecule has 0 saturated carbocycles. The number of aliphatic hydroxyl groups excluding tert-OH is 1. The molecule has 0 spiro atoms. The molecule has 1 aliphatic rings. The first-order valence-corrected chi connectivity index (χ1v) is 15.2. The fourth-order valence-corrected chi connectivity index (χ4v) is 11.1. The molecule has 3 aromatic carbocycles. The first kappa shape index (κ1) is 26.5. The third-order valence-corrected chi connectivity index (χ3v) is 12.6. The quantitative estimate of drug-likeness (QED) is 0.440. The van der Waals surface area contributed by atoms with Crippen LogP contribution in [0.2, 0.25) is 0 Å². The van der Waals surface area contributed by atoms with Crippen LogP contribution in [-0.2, 0) is 9.63 Å². The Kier molecular flexibility index (Phi) is 7.99. The van der Waals surface area contributed by atoms with Crippen LogP contribution in [0.1, 0.15) is 53.4 Å². The first-order chi connectivity index (χ1) is 17.1. The molecule has 1 saturated heterocycles. The van der Waals surface area contributed by atoms with Gasteiger partial charge < -0.3 is 0 Å². The predicted molar refractivity (Wildman–Crippen MR) is 152 cm³/mol. The molecule has 0 atom stereocenters. The third-order valence-electron chi connectivity index (χ3n) is 7.50. The Morgan fingerprint density at radius 3 is 1.58 bits per heavy atom. The summed E-state index contributed by atoms with van der Waals surface area (Å²) < 4.78 is 0. The van der Waals surface area contributed by atoms with E-state index in [1.165, 1.54) is 15.9 Å². The zero-order valence-corrected chi connectivity index (χ0v) is 23.0. The molecule has 0 amide bonds. The van der Waals surface area contributed by atoms with Crippen molar-refractivity contribution in [1.29, 1.82) is 0 Å². The molecule has 0 bridgehead atoms. The van der Waals surface area contributed by atoms with Crippen LogP contribution in [0.15, 0.2) is 91.0 Å². The van der Waals surface area contributed by atoms with Crippen molar-refractivity contribution >= 4 is 29.1 Å². The number of carbonyl (C=O) groups is 1. The van der Waals surface area contributed by atoms with Gasteiger partial charge in [0, 0.05) is 0 Å². The van der Waals surface area contributed by atoms with Crippen LogP contribution in [0, 0.1) is 0 Å². The molecule has 0 aromatic heterocycles. The van der Waals surface area contributed by atoms with Crippen LogP contribution >= 0.6 is 7.26 Å². The summed E-state index contributed by atoms with van der Waals surface area (Å²) in [5.74, 6) is -0.204. The number of hydroxylamine groups is 2. The monoisotopic (exact) mass is 505 g/mol. The van der Waals surface area contributed by atoms with Crippen LogP contribution in [0.5, 0.6) is 0 Å². The second kappa shape index (κ2) is 10.8. The number of piperidine rings is 1. The molecule has 192 valence electrons. The van der Waals surface area contributed by atoms with E-state index in [1.54, 1.807) is 0 Å². The van der Waals surface area contributed by atoms with Gasteiger partial charge in [0.2, 0.25) is 0 Å². The Labute approximate surface area is 216 Å². The third kappa shape index (κ3) is 5.57. The Morgan fingerprint density at radius 2 is 1.19 bits per heavy atom. The van der Waals surface area contributed by atoms with Crippen molar-refractivity contribution in [1.82, 2.24) is 5.06 Å². The molecule has 4 rings (SSSR count). The van der Waals surface area contributed by atoms with Crippen molar-refractivity contribution in [3.63, 3.8) is 0 Å². The van der Waals surface area contributed by atoms with Gasteiger partial charge in [-0.15, -0.1) is 0 Å². The van der Waals surface area contributed by atoms with Gasteiger partial charge in [-0.2, -0.15) is 0 Å². The zero-order chi connectivity index (χ0) is 25.8. The summed E-state index contributed by atoms with van der Waals surface area (Å²) in [7, 11) is -2.36. The minimum absolute atomic E-state index is 0.204. The Bertz CT molecular complexity index is 1020. The van der Waals surface area contributed by atoms with Crippen molar-refractivity contribution in [2.24, 2.45) is 0 Å². The van der Waals surface area contributed by atoms with Gasteiger partial charge in [0.05, 0.1) is 0 Å². The summed E-state index contributed by atoms with van der Waals surface area (Å²) in [6.45, 7) is 8.12. The maximum absolute atomic E-state index is 13.2. The van der Waals surface area contributed by atoms with E-state index in [1.807, 2.05) is 32.8 Å². The van der Waals surface area contributed by atoms with Gasteiger partial charge in [0.1, 0.15) is 0 Å². The zero-order valence-electron chi connectivity index (χ0n) is 22.0. The van der Waals surface area contributed by atoms with Crippen LogP contribution in [0.4, 0.5) is 0 Å². The summed E-state index contributed by atoms with van der Waals surface area (Å²) in [4.78, 5) is 19.2. The van der Waals surface area contributed by atoms with Gasteiger partial charge in [0.15, 0.2) is 0 Å². The standard InChI is InChI=1S/C31H40NO3P/c1-30(2)23-25(33)24-31(3,4)32(30)35-29(34)21-14-22-36(26-15-8-5-9-16-26,27-17-10-6-11-18-27)28-19-12-7-13-20-28/h5-13,15-20,25,33,36H,14,21-24H2,1-4H3. The van der Waals surface area contributed by atoms with E-state index in [0.29, 0.717) is 19.3 Å². The first-order valence-electron chi connectivity index (χ1n) is 13.0. The van der Waals surface area contributed by atoms with E-state index < -0.39 is 18.3 Å². The Balaban J connectivity index is 1.59. The molecule has 5 heteroatoms.